The van der Waals surface area contributed by atoms with E-state index in [0.29, 0.717) is 12.0 Å². The van der Waals surface area contributed by atoms with Gasteiger partial charge in [-0.3, -0.25) is 0 Å². The van der Waals surface area contributed by atoms with Gasteiger partial charge in [0.25, 0.3) is 0 Å². The summed E-state index contributed by atoms with van der Waals surface area (Å²) in [5, 5.41) is 20.9. The lowest BCUT2D eigenvalue weighted by molar-refractivity contribution is 0.0302. The Kier molecular flexibility index (Phi) is 1.67. The van der Waals surface area contributed by atoms with Crippen LogP contribution in [0.25, 0.3) is 0 Å². The lowest BCUT2D eigenvalue weighted by atomic mass is 9.80. The standard InChI is InChI=1S/C9H10N4O/c1-5-2-9(4-11)6(3-10)7(12)13-8(9)14-5/h5,8,13H,2,12H2,1H3. The summed E-state index contributed by atoms with van der Waals surface area (Å²) < 4.78 is 5.48. The molecule has 3 atom stereocenters. The Bertz CT molecular complexity index is 389. The zero-order chi connectivity index (χ0) is 10.3. The molecule has 72 valence electrons. The average Bonchev–Trinajstić information content (AvgIpc) is 2.55. The molecule has 0 aromatic heterocycles. The van der Waals surface area contributed by atoms with E-state index in [1.165, 1.54) is 0 Å². The zero-order valence-electron chi connectivity index (χ0n) is 7.74. The Balaban J connectivity index is 2.49. The van der Waals surface area contributed by atoms with Crippen molar-refractivity contribution in [1.29, 1.82) is 10.5 Å². The van der Waals surface area contributed by atoms with Crippen molar-refractivity contribution in [2.45, 2.75) is 25.7 Å². The Hall–Kier alpha value is -1.72. The van der Waals surface area contributed by atoms with Crippen LogP contribution in [-0.4, -0.2) is 12.3 Å². The van der Waals surface area contributed by atoms with Crippen molar-refractivity contribution in [2.75, 3.05) is 0 Å². The number of fused-ring (bicyclic) bond motifs is 1. The molecule has 0 radical (unpaired) electrons. The molecule has 2 rings (SSSR count). The molecule has 0 aromatic rings. The number of rotatable bonds is 0. The van der Waals surface area contributed by atoms with E-state index in [9.17, 15) is 0 Å². The lowest BCUT2D eigenvalue weighted by Crippen LogP contribution is -2.35. The number of hydrogen-bond acceptors (Lipinski definition) is 5. The minimum atomic E-state index is -0.877. The first kappa shape index (κ1) is 8.86. The molecular weight excluding hydrogens is 180 g/mol. The minimum absolute atomic E-state index is 0.0244. The van der Waals surface area contributed by atoms with Crippen LogP contribution in [0.4, 0.5) is 0 Å². The van der Waals surface area contributed by atoms with Crippen LogP contribution in [0.1, 0.15) is 13.3 Å². The molecule has 0 saturated carbocycles. The van der Waals surface area contributed by atoms with Crippen LogP contribution < -0.4 is 11.1 Å². The fourth-order valence-electron chi connectivity index (χ4n) is 2.12. The van der Waals surface area contributed by atoms with E-state index in [1.54, 1.807) is 0 Å². The van der Waals surface area contributed by atoms with Crippen molar-refractivity contribution < 1.29 is 4.74 Å². The summed E-state index contributed by atoms with van der Waals surface area (Å²) in [6, 6.07) is 4.14. The van der Waals surface area contributed by atoms with E-state index in [0.717, 1.165) is 0 Å². The molecule has 5 heteroatoms. The molecule has 2 aliphatic heterocycles. The monoisotopic (exact) mass is 190 g/mol. The van der Waals surface area contributed by atoms with Crippen LogP contribution in [0.15, 0.2) is 11.4 Å². The highest BCUT2D eigenvalue weighted by Gasteiger charge is 2.56. The lowest BCUT2D eigenvalue weighted by Gasteiger charge is -2.17. The topological polar surface area (TPSA) is 94.9 Å². The van der Waals surface area contributed by atoms with Gasteiger partial charge in [0, 0.05) is 6.42 Å². The maximum atomic E-state index is 9.15. The van der Waals surface area contributed by atoms with Gasteiger partial charge in [0.2, 0.25) is 0 Å². The molecule has 0 aliphatic carbocycles. The summed E-state index contributed by atoms with van der Waals surface area (Å²) in [5.74, 6) is 0.269. The van der Waals surface area contributed by atoms with E-state index < -0.39 is 11.6 Å². The summed E-state index contributed by atoms with van der Waals surface area (Å²) in [7, 11) is 0. The molecule has 0 amide bonds. The van der Waals surface area contributed by atoms with Gasteiger partial charge < -0.3 is 15.8 Å². The van der Waals surface area contributed by atoms with Crippen molar-refractivity contribution in [2.24, 2.45) is 11.1 Å². The highest BCUT2D eigenvalue weighted by atomic mass is 16.5. The van der Waals surface area contributed by atoms with Crippen LogP contribution in [-0.2, 0) is 4.74 Å². The average molecular weight is 190 g/mol. The number of nitrogens with two attached hydrogens (primary N) is 1. The minimum Gasteiger partial charge on any atom is -0.385 e. The number of nitriles is 2. The van der Waals surface area contributed by atoms with E-state index in [4.69, 9.17) is 21.0 Å². The van der Waals surface area contributed by atoms with E-state index >= 15 is 0 Å². The quantitative estimate of drug-likeness (QED) is 0.557. The molecule has 2 aliphatic rings. The van der Waals surface area contributed by atoms with Crippen LogP contribution in [0.5, 0.6) is 0 Å². The van der Waals surface area contributed by atoms with Crippen LogP contribution >= 0.6 is 0 Å². The summed E-state index contributed by atoms with van der Waals surface area (Å²) in [6.45, 7) is 1.88. The number of ether oxygens (including phenoxy) is 1. The highest BCUT2D eigenvalue weighted by Crippen LogP contribution is 2.46. The van der Waals surface area contributed by atoms with E-state index in [-0.39, 0.29) is 11.9 Å². The van der Waals surface area contributed by atoms with Crippen molar-refractivity contribution in [3.8, 4) is 12.1 Å². The molecule has 0 bridgehead atoms. The van der Waals surface area contributed by atoms with Gasteiger partial charge in [-0.2, -0.15) is 10.5 Å². The Morgan fingerprint density at radius 1 is 1.64 bits per heavy atom. The third-order valence-corrected chi connectivity index (χ3v) is 2.74. The van der Waals surface area contributed by atoms with Gasteiger partial charge in [0.15, 0.2) is 6.23 Å². The second-order valence-corrected chi connectivity index (χ2v) is 3.66. The highest BCUT2D eigenvalue weighted by molar-refractivity contribution is 5.44. The van der Waals surface area contributed by atoms with Crippen molar-refractivity contribution in [3.05, 3.63) is 11.4 Å². The fraction of sp³-hybridized carbons (Fsp3) is 0.556. The van der Waals surface area contributed by atoms with Crippen LogP contribution in [0, 0.1) is 28.1 Å². The van der Waals surface area contributed by atoms with Gasteiger partial charge in [-0.1, -0.05) is 0 Å². The predicted molar refractivity (Wildman–Crippen MR) is 47.0 cm³/mol. The third kappa shape index (κ3) is 0.850. The second kappa shape index (κ2) is 2.63. The van der Waals surface area contributed by atoms with E-state index in [2.05, 4.69) is 11.4 Å². The fourth-order valence-corrected chi connectivity index (χ4v) is 2.12. The van der Waals surface area contributed by atoms with Gasteiger partial charge in [-0.25, -0.2) is 0 Å². The summed E-state index contributed by atoms with van der Waals surface area (Å²) in [5.41, 5.74) is 5.04. The largest absolute Gasteiger partial charge is 0.385 e. The Labute approximate surface area is 81.7 Å². The molecule has 2 heterocycles. The van der Waals surface area contributed by atoms with Gasteiger partial charge in [0.1, 0.15) is 17.3 Å². The Morgan fingerprint density at radius 3 is 2.93 bits per heavy atom. The zero-order valence-corrected chi connectivity index (χ0v) is 7.74. The van der Waals surface area contributed by atoms with Crippen LogP contribution in [0.2, 0.25) is 0 Å². The smallest absolute Gasteiger partial charge is 0.153 e. The maximum Gasteiger partial charge on any atom is 0.153 e. The maximum absolute atomic E-state index is 9.15. The SMILES string of the molecule is CC1CC2(C#N)C(C#N)=C(N)NC2O1. The molecule has 5 nitrogen and oxygen atoms in total. The first-order valence-corrected chi connectivity index (χ1v) is 4.37. The Morgan fingerprint density at radius 2 is 2.36 bits per heavy atom. The molecule has 1 fully saturated rings. The number of nitrogens with zero attached hydrogens (tertiary/aromatic N) is 2. The van der Waals surface area contributed by atoms with Gasteiger partial charge in [0.05, 0.1) is 17.7 Å². The number of hydrogen-bond donors (Lipinski definition) is 2. The summed E-state index contributed by atoms with van der Waals surface area (Å²) in [6.07, 6.45) is 0.0332. The first-order chi connectivity index (χ1) is 6.64. The third-order valence-electron chi connectivity index (χ3n) is 2.74. The van der Waals surface area contributed by atoms with Crippen LogP contribution in [0.3, 0.4) is 0 Å². The van der Waals surface area contributed by atoms with E-state index in [1.807, 2.05) is 13.0 Å². The first-order valence-electron chi connectivity index (χ1n) is 4.37. The molecule has 14 heavy (non-hydrogen) atoms. The normalized spacial score (nSPS) is 39.9. The molecule has 0 aromatic carbocycles. The van der Waals surface area contributed by atoms with Gasteiger partial charge in [-0.15, -0.1) is 0 Å². The van der Waals surface area contributed by atoms with Gasteiger partial charge in [-0.05, 0) is 6.92 Å². The summed E-state index contributed by atoms with van der Waals surface area (Å²) >= 11 is 0. The molecule has 1 saturated heterocycles. The predicted octanol–water partition coefficient (Wildman–Crippen LogP) is -0.0716. The van der Waals surface area contributed by atoms with Crippen molar-refractivity contribution >= 4 is 0 Å². The molecule has 0 spiro atoms. The van der Waals surface area contributed by atoms with Gasteiger partial charge >= 0.3 is 0 Å². The summed E-state index contributed by atoms with van der Waals surface area (Å²) in [4.78, 5) is 0. The molecular formula is C9H10N4O. The van der Waals surface area contributed by atoms with Crippen molar-refractivity contribution in [3.63, 3.8) is 0 Å². The second-order valence-electron chi connectivity index (χ2n) is 3.66. The molecule has 3 N–H and O–H groups in total. The number of nitrogens with one attached hydrogen (secondary N) is 1. The van der Waals surface area contributed by atoms with Crippen molar-refractivity contribution in [1.82, 2.24) is 5.32 Å². The molecule has 3 unspecified atom stereocenters.